The Bertz CT molecular complexity index is 545. The summed E-state index contributed by atoms with van der Waals surface area (Å²) in [7, 11) is 0. The summed E-state index contributed by atoms with van der Waals surface area (Å²) in [5, 5.41) is 0.130. The van der Waals surface area contributed by atoms with Crippen molar-refractivity contribution in [2.24, 2.45) is 5.84 Å². The Morgan fingerprint density at radius 3 is 2.55 bits per heavy atom. The van der Waals surface area contributed by atoms with Crippen molar-refractivity contribution in [1.29, 1.82) is 0 Å². The van der Waals surface area contributed by atoms with E-state index in [1.807, 2.05) is 18.2 Å². The molecule has 0 saturated heterocycles. The molecule has 2 aromatic carbocycles. The van der Waals surface area contributed by atoms with Gasteiger partial charge in [0.2, 0.25) is 0 Å². The molecular formula is C16H18ClFN2. The van der Waals surface area contributed by atoms with E-state index < -0.39 is 5.82 Å². The molecule has 0 spiro atoms. The van der Waals surface area contributed by atoms with Crippen molar-refractivity contribution in [1.82, 2.24) is 5.43 Å². The third-order valence-electron chi connectivity index (χ3n) is 3.35. The monoisotopic (exact) mass is 292 g/mol. The average molecular weight is 293 g/mol. The van der Waals surface area contributed by atoms with Crippen LogP contribution in [0.5, 0.6) is 0 Å². The molecular weight excluding hydrogens is 275 g/mol. The highest BCUT2D eigenvalue weighted by atomic mass is 35.5. The van der Waals surface area contributed by atoms with Gasteiger partial charge in [-0.05, 0) is 42.5 Å². The molecule has 106 valence electrons. The Labute approximate surface area is 123 Å². The molecule has 2 aromatic rings. The van der Waals surface area contributed by atoms with Crippen LogP contribution in [0.25, 0.3) is 0 Å². The maximum Gasteiger partial charge on any atom is 0.141 e. The number of hydrazine groups is 1. The van der Waals surface area contributed by atoms with E-state index in [0.29, 0.717) is 0 Å². The Kier molecular flexibility index (Phi) is 5.53. The molecule has 0 aliphatic carbocycles. The molecule has 0 aromatic heterocycles. The van der Waals surface area contributed by atoms with Crippen molar-refractivity contribution < 1.29 is 4.39 Å². The summed E-state index contributed by atoms with van der Waals surface area (Å²) >= 11 is 5.80. The van der Waals surface area contributed by atoms with Gasteiger partial charge in [0.15, 0.2) is 0 Å². The van der Waals surface area contributed by atoms with E-state index in [1.54, 1.807) is 12.1 Å². The fourth-order valence-electron chi connectivity index (χ4n) is 2.23. The number of aryl methyl sites for hydroxylation is 1. The molecule has 0 fully saturated rings. The second kappa shape index (κ2) is 7.39. The minimum Gasteiger partial charge on any atom is -0.271 e. The summed E-state index contributed by atoms with van der Waals surface area (Å²) in [5.74, 6) is 5.18. The molecule has 0 amide bonds. The SMILES string of the molecule is NNC(CCCc1ccccc1)c1ccc(F)c(Cl)c1. The van der Waals surface area contributed by atoms with Crippen LogP contribution in [-0.2, 0) is 6.42 Å². The maximum atomic E-state index is 13.2. The van der Waals surface area contributed by atoms with Gasteiger partial charge in [0, 0.05) is 6.04 Å². The molecule has 0 saturated carbocycles. The van der Waals surface area contributed by atoms with E-state index in [0.717, 1.165) is 24.8 Å². The standard InChI is InChI=1S/C16H18ClFN2/c17-14-11-13(9-10-15(14)18)16(20-19)8-4-7-12-5-2-1-3-6-12/h1-3,5-6,9-11,16,20H,4,7-8,19H2. The topological polar surface area (TPSA) is 38.0 Å². The second-order valence-electron chi connectivity index (χ2n) is 4.77. The molecule has 2 nitrogen and oxygen atoms in total. The minimum absolute atomic E-state index is 0.0168. The summed E-state index contributed by atoms with van der Waals surface area (Å²) in [5.41, 5.74) is 4.99. The summed E-state index contributed by atoms with van der Waals surface area (Å²) in [6.45, 7) is 0. The lowest BCUT2D eigenvalue weighted by molar-refractivity contribution is 0.497. The van der Waals surface area contributed by atoms with Crippen LogP contribution in [-0.4, -0.2) is 0 Å². The fourth-order valence-corrected chi connectivity index (χ4v) is 2.42. The first-order valence-corrected chi connectivity index (χ1v) is 7.03. The van der Waals surface area contributed by atoms with Gasteiger partial charge in [-0.15, -0.1) is 0 Å². The molecule has 4 heteroatoms. The van der Waals surface area contributed by atoms with Crippen molar-refractivity contribution in [2.75, 3.05) is 0 Å². The van der Waals surface area contributed by atoms with Gasteiger partial charge >= 0.3 is 0 Å². The number of hydrogen-bond acceptors (Lipinski definition) is 2. The van der Waals surface area contributed by atoms with Gasteiger partial charge in [-0.1, -0.05) is 48.0 Å². The Morgan fingerprint density at radius 2 is 1.90 bits per heavy atom. The van der Waals surface area contributed by atoms with Gasteiger partial charge < -0.3 is 0 Å². The van der Waals surface area contributed by atoms with Crippen molar-refractivity contribution in [3.05, 3.63) is 70.5 Å². The normalized spacial score (nSPS) is 12.3. The summed E-state index contributed by atoms with van der Waals surface area (Å²) < 4.78 is 13.2. The predicted molar refractivity (Wildman–Crippen MR) is 80.9 cm³/mol. The molecule has 20 heavy (non-hydrogen) atoms. The van der Waals surface area contributed by atoms with Crippen LogP contribution in [0.3, 0.4) is 0 Å². The predicted octanol–water partition coefficient (Wildman–Crippen LogP) is 4.01. The maximum absolute atomic E-state index is 13.2. The van der Waals surface area contributed by atoms with E-state index in [-0.39, 0.29) is 11.1 Å². The number of benzene rings is 2. The average Bonchev–Trinajstić information content (AvgIpc) is 2.48. The quantitative estimate of drug-likeness (QED) is 0.624. The third kappa shape index (κ3) is 4.04. The van der Waals surface area contributed by atoms with Crippen LogP contribution in [0.4, 0.5) is 4.39 Å². The van der Waals surface area contributed by atoms with Gasteiger partial charge in [0.05, 0.1) is 5.02 Å². The number of hydrogen-bond donors (Lipinski definition) is 2. The highest BCUT2D eigenvalue weighted by Crippen LogP contribution is 2.24. The summed E-state index contributed by atoms with van der Waals surface area (Å²) in [6.07, 6.45) is 2.86. The van der Waals surface area contributed by atoms with E-state index >= 15 is 0 Å². The number of rotatable bonds is 6. The molecule has 0 radical (unpaired) electrons. The zero-order chi connectivity index (χ0) is 14.4. The minimum atomic E-state index is -0.407. The Balaban J connectivity index is 1.93. The number of nitrogens with two attached hydrogens (primary N) is 1. The number of nitrogens with one attached hydrogen (secondary N) is 1. The van der Waals surface area contributed by atoms with Gasteiger partial charge in [-0.25, -0.2) is 4.39 Å². The molecule has 0 bridgehead atoms. The molecule has 1 unspecified atom stereocenters. The first-order chi connectivity index (χ1) is 9.70. The smallest absolute Gasteiger partial charge is 0.141 e. The lowest BCUT2D eigenvalue weighted by Crippen LogP contribution is -2.28. The lowest BCUT2D eigenvalue weighted by Gasteiger charge is -2.16. The molecule has 3 N–H and O–H groups in total. The van der Waals surface area contributed by atoms with Crippen molar-refractivity contribution in [2.45, 2.75) is 25.3 Å². The zero-order valence-corrected chi connectivity index (χ0v) is 11.9. The Hall–Kier alpha value is -1.42. The summed E-state index contributed by atoms with van der Waals surface area (Å²) in [4.78, 5) is 0. The van der Waals surface area contributed by atoms with E-state index in [9.17, 15) is 4.39 Å². The highest BCUT2D eigenvalue weighted by Gasteiger charge is 2.11. The van der Waals surface area contributed by atoms with Gasteiger partial charge in [-0.3, -0.25) is 11.3 Å². The Morgan fingerprint density at radius 1 is 1.15 bits per heavy atom. The molecule has 2 rings (SSSR count). The largest absolute Gasteiger partial charge is 0.271 e. The van der Waals surface area contributed by atoms with Crippen LogP contribution in [0.1, 0.15) is 30.0 Å². The number of halogens is 2. The van der Waals surface area contributed by atoms with E-state index in [1.165, 1.54) is 11.6 Å². The van der Waals surface area contributed by atoms with Crippen LogP contribution in [0.2, 0.25) is 5.02 Å². The van der Waals surface area contributed by atoms with Gasteiger partial charge in [-0.2, -0.15) is 0 Å². The van der Waals surface area contributed by atoms with Crippen LogP contribution >= 0.6 is 11.6 Å². The first kappa shape index (κ1) is 15.0. The fraction of sp³-hybridized carbons (Fsp3) is 0.250. The van der Waals surface area contributed by atoms with E-state index in [2.05, 4.69) is 17.6 Å². The van der Waals surface area contributed by atoms with Gasteiger partial charge in [0.25, 0.3) is 0 Å². The summed E-state index contributed by atoms with van der Waals surface area (Å²) in [6, 6.07) is 15.0. The van der Waals surface area contributed by atoms with Crippen molar-refractivity contribution >= 4 is 11.6 Å². The van der Waals surface area contributed by atoms with E-state index in [4.69, 9.17) is 17.4 Å². The van der Waals surface area contributed by atoms with Crippen molar-refractivity contribution in [3.63, 3.8) is 0 Å². The first-order valence-electron chi connectivity index (χ1n) is 6.65. The highest BCUT2D eigenvalue weighted by molar-refractivity contribution is 6.30. The molecule has 0 aliphatic rings. The zero-order valence-electron chi connectivity index (χ0n) is 11.2. The lowest BCUT2D eigenvalue weighted by atomic mass is 9.99. The van der Waals surface area contributed by atoms with Crippen LogP contribution in [0, 0.1) is 5.82 Å². The second-order valence-corrected chi connectivity index (χ2v) is 5.18. The molecule has 0 heterocycles. The third-order valence-corrected chi connectivity index (χ3v) is 3.64. The van der Waals surface area contributed by atoms with Gasteiger partial charge in [0.1, 0.15) is 5.82 Å². The molecule has 1 atom stereocenters. The van der Waals surface area contributed by atoms with Crippen molar-refractivity contribution in [3.8, 4) is 0 Å². The van der Waals surface area contributed by atoms with Crippen LogP contribution < -0.4 is 11.3 Å². The van der Waals surface area contributed by atoms with Crippen LogP contribution in [0.15, 0.2) is 48.5 Å². The molecule has 0 aliphatic heterocycles.